The van der Waals surface area contributed by atoms with Gasteiger partial charge in [0, 0.05) is 23.5 Å². The van der Waals surface area contributed by atoms with Crippen molar-refractivity contribution in [1.29, 1.82) is 0 Å². The zero-order valence-electron chi connectivity index (χ0n) is 55.1. The van der Waals surface area contributed by atoms with Gasteiger partial charge in [0.25, 0.3) is 0 Å². The van der Waals surface area contributed by atoms with Crippen molar-refractivity contribution in [2.75, 3.05) is 19.8 Å². The molecule has 0 spiro atoms. The molecule has 93 heavy (non-hydrogen) atoms. The largest absolute Gasteiger partial charge is 0.479 e. The number of aliphatic hydroxyl groups is 12. The third-order valence-corrected chi connectivity index (χ3v) is 23.7. The molecule has 0 aromatic rings. The van der Waals surface area contributed by atoms with E-state index in [0.29, 0.717) is 25.7 Å². The number of allylic oxidation sites excluding steroid dienone is 3. The van der Waals surface area contributed by atoms with Crippen molar-refractivity contribution >= 4 is 23.9 Å². The summed E-state index contributed by atoms with van der Waals surface area (Å²) in [5.74, 6) is -5.25. The van der Waals surface area contributed by atoms with Crippen molar-refractivity contribution < 1.29 is 138 Å². The van der Waals surface area contributed by atoms with E-state index < -0.39 is 229 Å². The highest BCUT2D eigenvalue weighted by atomic mass is 16.8. The maximum Gasteiger partial charge on any atom is 0.335 e. The zero-order valence-corrected chi connectivity index (χ0v) is 55.1. The van der Waals surface area contributed by atoms with Crippen LogP contribution in [0.1, 0.15) is 129 Å². The minimum absolute atomic E-state index is 0.170. The van der Waals surface area contributed by atoms with Crippen LogP contribution in [0.2, 0.25) is 0 Å². The van der Waals surface area contributed by atoms with Gasteiger partial charge >= 0.3 is 23.9 Å². The van der Waals surface area contributed by atoms with E-state index in [1.54, 1.807) is 20.8 Å². The van der Waals surface area contributed by atoms with Gasteiger partial charge < -0.3 is 118 Å². The summed E-state index contributed by atoms with van der Waals surface area (Å²) in [6.45, 7) is 20.5. The molecule has 528 valence electrons. The maximum atomic E-state index is 13.5. The van der Waals surface area contributed by atoms with Crippen LogP contribution >= 0.6 is 0 Å². The van der Waals surface area contributed by atoms with Crippen molar-refractivity contribution in [1.82, 2.24) is 0 Å². The van der Waals surface area contributed by atoms with E-state index in [0.717, 1.165) is 5.57 Å². The molecule has 4 aliphatic heterocycles. The van der Waals surface area contributed by atoms with Crippen molar-refractivity contribution in [2.24, 2.45) is 50.2 Å². The third kappa shape index (κ3) is 12.2. The molecule has 13 N–H and O–H groups in total. The Bertz CT molecular complexity index is 2820. The predicted octanol–water partition coefficient (Wildman–Crippen LogP) is -0.315. The molecule has 4 saturated heterocycles. The Labute approximate surface area is 540 Å². The van der Waals surface area contributed by atoms with Crippen molar-refractivity contribution in [3.8, 4) is 0 Å². The quantitative estimate of drug-likeness (QED) is 0.0292. The summed E-state index contributed by atoms with van der Waals surface area (Å²) in [4.78, 5) is 53.1. The number of carbonyl (C=O) groups excluding carboxylic acids is 3. The monoisotopic (exact) mass is 1330 g/mol. The van der Waals surface area contributed by atoms with Crippen LogP contribution < -0.4 is 0 Å². The van der Waals surface area contributed by atoms with E-state index in [4.69, 9.17) is 52.1 Å². The molecule has 9 rings (SSSR count). The topological polar surface area (TPSA) is 433 Å². The van der Waals surface area contributed by atoms with Gasteiger partial charge in [0.15, 0.2) is 43.5 Å². The molecule has 28 nitrogen and oxygen atoms in total. The van der Waals surface area contributed by atoms with E-state index in [1.807, 2.05) is 34.6 Å². The molecule has 9 aliphatic rings. The number of carboxylic acids is 1. The highest BCUT2D eigenvalue weighted by Crippen LogP contribution is 2.76. The fraction of sp³-hybridized carbons (Fsp3) is 0.846. The number of aliphatic hydroxyl groups excluding tert-OH is 12. The van der Waals surface area contributed by atoms with Gasteiger partial charge in [-0.05, 0) is 113 Å². The normalized spacial score (nSPS) is 48.8. The Morgan fingerprint density at radius 1 is 0.581 bits per heavy atom. The Morgan fingerprint density at radius 2 is 1.13 bits per heavy atom. The smallest absolute Gasteiger partial charge is 0.335 e. The molecule has 0 bridgehead atoms. The van der Waals surface area contributed by atoms with Gasteiger partial charge in [0.2, 0.25) is 0 Å². The second-order valence-electron chi connectivity index (χ2n) is 29.4. The molecule has 5 aliphatic carbocycles. The summed E-state index contributed by atoms with van der Waals surface area (Å²) >= 11 is 0. The first-order valence-corrected chi connectivity index (χ1v) is 32.4. The second kappa shape index (κ2) is 27.2. The van der Waals surface area contributed by atoms with E-state index in [2.05, 4.69) is 19.9 Å². The minimum Gasteiger partial charge on any atom is -0.479 e. The summed E-state index contributed by atoms with van der Waals surface area (Å²) in [5, 5.41) is 147. The number of fused-ring (bicyclic) bond motifs is 7. The molecule has 28 heteroatoms. The summed E-state index contributed by atoms with van der Waals surface area (Å²) in [6, 6.07) is 0. The first-order valence-electron chi connectivity index (χ1n) is 32.4. The number of hydrogen-bond acceptors (Lipinski definition) is 27. The Morgan fingerprint density at radius 3 is 1.68 bits per heavy atom. The fourth-order valence-electron chi connectivity index (χ4n) is 18.0. The highest BCUT2D eigenvalue weighted by Gasteiger charge is 2.76. The second-order valence-corrected chi connectivity index (χ2v) is 29.4. The molecule has 10 unspecified atom stereocenters. The number of aliphatic carboxylic acids is 1. The van der Waals surface area contributed by atoms with Gasteiger partial charge in [-0.2, -0.15) is 0 Å². The number of hydrogen-bond donors (Lipinski definition) is 13. The number of esters is 3. The van der Waals surface area contributed by atoms with Gasteiger partial charge in [-0.25, -0.2) is 14.4 Å². The van der Waals surface area contributed by atoms with Crippen LogP contribution in [-0.4, -0.2) is 257 Å². The van der Waals surface area contributed by atoms with Crippen LogP contribution in [0.25, 0.3) is 0 Å². The molecule has 8 fully saturated rings. The first kappa shape index (κ1) is 73.5. The molecular weight excluding hydrogens is 1230 g/mol. The Balaban J connectivity index is 1.03. The number of carboxylic acid groups (broad SMARTS) is 1. The van der Waals surface area contributed by atoms with Gasteiger partial charge in [-0.3, -0.25) is 4.79 Å². The average Bonchev–Trinajstić information content (AvgIpc) is 0.901. The molecule has 31 atom stereocenters. The molecule has 4 saturated carbocycles. The number of rotatable bonds is 17. The molecular formula is C65H100O28. The Hall–Kier alpha value is -3.70. The SMILES string of the molecule is C/C=C(/C)C(=O)O[C@@H]1C(O)[C@H](O[C@H]2[C@H](OC(C)=O)[C@@]3(CO)C(CC2(C)C)C2=CCC4[C@@]5(C)CC[C@H](O[C@@H]6OC(C(=O)O)[C@@H](O)[C@@H](O[C@@H]7O[C@@H](CO)C(O)[C@@H]7O)C6O[C@@H]6OC(CO)[C@H](O)[C@@H](O)C6O)C(C)(C)C5CC[C@@]4(C)[C@]2(C)[C@@H](O)[C@H]3O)OC(C)[C@@H]1OC(=O)/C(C)=C\C. The molecule has 0 aromatic heterocycles. The Kier molecular flexibility index (Phi) is 21.5. The average molecular weight is 1330 g/mol. The van der Waals surface area contributed by atoms with Crippen molar-refractivity contribution in [3.05, 3.63) is 34.9 Å². The summed E-state index contributed by atoms with van der Waals surface area (Å²) in [7, 11) is 0. The molecule has 0 amide bonds. The lowest BCUT2D eigenvalue weighted by Gasteiger charge is -2.73. The fourth-order valence-corrected chi connectivity index (χ4v) is 18.0. The third-order valence-electron chi connectivity index (χ3n) is 23.7. The van der Waals surface area contributed by atoms with Crippen molar-refractivity contribution in [2.45, 2.75) is 276 Å². The lowest BCUT2D eigenvalue weighted by atomic mass is 9.32. The summed E-state index contributed by atoms with van der Waals surface area (Å²) in [6.07, 6.45) is -32.8. The van der Waals surface area contributed by atoms with Crippen molar-refractivity contribution in [3.63, 3.8) is 0 Å². The zero-order chi connectivity index (χ0) is 68.9. The summed E-state index contributed by atoms with van der Waals surface area (Å²) < 4.78 is 67.6. The molecule has 0 aromatic carbocycles. The van der Waals surface area contributed by atoms with Crippen LogP contribution in [0.5, 0.6) is 0 Å². The van der Waals surface area contributed by atoms with Crippen LogP contribution in [0, 0.1) is 50.2 Å². The van der Waals surface area contributed by atoms with Gasteiger partial charge in [-0.15, -0.1) is 0 Å². The van der Waals surface area contributed by atoms with Crippen LogP contribution in [0.3, 0.4) is 0 Å². The van der Waals surface area contributed by atoms with Crippen LogP contribution in [0.15, 0.2) is 34.9 Å². The number of carbonyl (C=O) groups is 4. The predicted molar refractivity (Wildman–Crippen MR) is 318 cm³/mol. The highest BCUT2D eigenvalue weighted by molar-refractivity contribution is 5.88. The van der Waals surface area contributed by atoms with E-state index in [-0.39, 0.29) is 35.8 Å². The van der Waals surface area contributed by atoms with Gasteiger partial charge in [0.1, 0.15) is 79.4 Å². The lowest BCUT2D eigenvalue weighted by Crippen LogP contribution is -2.77. The van der Waals surface area contributed by atoms with Crippen LogP contribution in [-0.2, 0) is 71.3 Å². The summed E-state index contributed by atoms with van der Waals surface area (Å²) in [5.41, 5.74) is -5.17. The van der Waals surface area contributed by atoms with Crippen LogP contribution in [0.4, 0.5) is 0 Å². The number of ether oxygens (including phenoxy) is 11. The first-order chi connectivity index (χ1) is 43.4. The molecule has 0 radical (unpaired) electrons. The molecule has 4 heterocycles. The minimum atomic E-state index is -2.16. The maximum absolute atomic E-state index is 13.5. The van der Waals surface area contributed by atoms with E-state index >= 15 is 0 Å². The van der Waals surface area contributed by atoms with Gasteiger partial charge in [-0.1, -0.05) is 72.3 Å². The van der Waals surface area contributed by atoms with Gasteiger partial charge in [0.05, 0.1) is 49.7 Å². The van der Waals surface area contributed by atoms with E-state index in [9.17, 15) is 85.6 Å². The standard InChI is InChI=1S/C65H100O28/c1-14-26(3)54(81)88-44-28(5)83-58(43(76)46(44)89-55(82)27(4)15-2)93-51-52(84-29(6)69)65(25-68)31(22-60(51,7)8)30-16-17-35-62(11)20-19-36(61(9,10)34(62)18-21-63(35,12)64(30,13)49(77)50(65)78)87-59-48(92-57-41(74)39(72)37(70)32(23-66)85-57)45(42(75)47(91-59)53(79)80)90-56-40(73)38(71)33(24-67)86-56/h14-16,28,31-52,56-59,66-68,70-78H,17-25H2,1-13H3,(H,79,80)/b26-14-,27-15-/t28?,31?,32?,33-,34?,35?,36-,37-,38?,39+,40-,41?,42-,43?,44-,45+,46+,47?,48?,49-,50+,51-,52-,56-,57-,58-,59+,62-,63+,64-,65-/m0/s1. The van der Waals surface area contributed by atoms with E-state index in [1.165, 1.54) is 32.9 Å². The lowest BCUT2D eigenvalue weighted by molar-refractivity contribution is -0.386.